The Kier molecular flexibility index (Phi) is 4.37. The van der Waals surface area contributed by atoms with Crippen LogP contribution >= 0.6 is 0 Å². The summed E-state index contributed by atoms with van der Waals surface area (Å²) >= 11 is 0. The maximum absolute atomic E-state index is 12.2. The molecule has 0 unspecified atom stereocenters. The number of hydrogen-bond acceptors (Lipinski definition) is 7. The van der Waals surface area contributed by atoms with E-state index >= 15 is 0 Å². The Morgan fingerprint density at radius 1 is 1.12 bits per heavy atom. The van der Waals surface area contributed by atoms with Crippen LogP contribution in [0.15, 0.2) is 63.0 Å². The van der Waals surface area contributed by atoms with Crippen LogP contribution in [0.3, 0.4) is 0 Å². The van der Waals surface area contributed by atoms with Crippen LogP contribution in [0.4, 0.5) is 0 Å². The molecule has 2 aromatic carbocycles. The number of fused-ring (bicyclic) bond motifs is 1. The fourth-order valence-corrected chi connectivity index (χ4v) is 2.79. The fraction of sp³-hybridized carbons (Fsp3) is 0.118. The summed E-state index contributed by atoms with van der Waals surface area (Å²) < 4.78 is 34.5. The molecule has 7 nitrogen and oxygen atoms in total. The minimum atomic E-state index is -4.15. The Morgan fingerprint density at radius 3 is 2.44 bits per heavy atom. The van der Waals surface area contributed by atoms with Gasteiger partial charge in [-0.15, -0.1) is 0 Å². The highest BCUT2D eigenvalue weighted by Gasteiger charge is 2.21. The SMILES string of the molecule is CC(=O)/C(=N\OS(=O)(=O)c1ccc(C)cc1)c1nc2ccccc2o1. The van der Waals surface area contributed by atoms with Crippen molar-refractivity contribution in [2.75, 3.05) is 0 Å². The first kappa shape index (κ1) is 16.8. The van der Waals surface area contributed by atoms with E-state index in [2.05, 4.69) is 14.4 Å². The van der Waals surface area contributed by atoms with Crippen LogP contribution in [-0.4, -0.2) is 24.9 Å². The van der Waals surface area contributed by atoms with Crippen LogP contribution in [0.5, 0.6) is 0 Å². The molecular weight excluding hydrogens is 344 g/mol. The van der Waals surface area contributed by atoms with Crippen LogP contribution in [0, 0.1) is 6.92 Å². The van der Waals surface area contributed by atoms with Gasteiger partial charge in [-0.1, -0.05) is 35.0 Å². The molecule has 3 aromatic rings. The molecule has 0 N–H and O–H groups in total. The summed E-state index contributed by atoms with van der Waals surface area (Å²) in [6, 6.07) is 12.9. The number of aryl methyl sites for hydroxylation is 1. The summed E-state index contributed by atoms with van der Waals surface area (Å²) in [5.74, 6) is -0.640. The summed E-state index contributed by atoms with van der Waals surface area (Å²) in [5.41, 5.74) is 1.56. The monoisotopic (exact) mass is 358 g/mol. The van der Waals surface area contributed by atoms with Gasteiger partial charge in [0.1, 0.15) is 10.4 Å². The first-order valence-corrected chi connectivity index (χ1v) is 8.73. The maximum atomic E-state index is 12.2. The van der Waals surface area contributed by atoms with Crippen LogP contribution < -0.4 is 0 Å². The molecule has 0 aliphatic heterocycles. The summed E-state index contributed by atoms with van der Waals surface area (Å²) in [7, 11) is -4.15. The fourth-order valence-electron chi connectivity index (χ4n) is 2.06. The van der Waals surface area contributed by atoms with Gasteiger partial charge in [-0.25, -0.2) is 4.98 Å². The maximum Gasteiger partial charge on any atom is 0.358 e. The number of rotatable bonds is 5. The lowest BCUT2D eigenvalue weighted by Crippen LogP contribution is -2.14. The van der Waals surface area contributed by atoms with Crippen LogP contribution in [0.1, 0.15) is 18.4 Å². The number of Topliss-reactive ketones (excluding diaryl/α,β-unsaturated/α-hetero) is 1. The van der Waals surface area contributed by atoms with E-state index < -0.39 is 15.9 Å². The zero-order chi connectivity index (χ0) is 18.0. The van der Waals surface area contributed by atoms with Gasteiger partial charge >= 0.3 is 10.1 Å². The third-order valence-electron chi connectivity index (χ3n) is 3.37. The molecule has 0 spiro atoms. The highest BCUT2D eigenvalue weighted by molar-refractivity contribution is 7.86. The summed E-state index contributed by atoms with van der Waals surface area (Å²) in [5, 5.41) is 3.48. The van der Waals surface area contributed by atoms with Gasteiger partial charge in [0, 0.05) is 6.92 Å². The van der Waals surface area contributed by atoms with E-state index in [1.807, 2.05) is 6.92 Å². The molecule has 0 aliphatic carbocycles. The Hall–Kier alpha value is -3.00. The summed E-state index contributed by atoms with van der Waals surface area (Å²) in [4.78, 5) is 15.9. The Labute approximate surface area is 144 Å². The van der Waals surface area contributed by atoms with Gasteiger partial charge in [0.2, 0.25) is 5.71 Å². The second-order valence-electron chi connectivity index (χ2n) is 5.32. The number of aromatic nitrogens is 1. The molecule has 0 amide bonds. The molecule has 1 aromatic heterocycles. The number of para-hydroxylation sites is 2. The number of ketones is 1. The van der Waals surface area contributed by atoms with Gasteiger partial charge in [-0.2, -0.15) is 8.42 Å². The smallest absolute Gasteiger partial charge is 0.358 e. The lowest BCUT2D eigenvalue weighted by molar-refractivity contribution is -0.111. The van der Waals surface area contributed by atoms with Crippen molar-refractivity contribution in [3.8, 4) is 0 Å². The van der Waals surface area contributed by atoms with Crippen molar-refractivity contribution < 1.29 is 21.9 Å². The van der Waals surface area contributed by atoms with E-state index in [0.717, 1.165) is 5.56 Å². The zero-order valence-corrected chi connectivity index (χ0v) is 14.3. The highest BCUT2D eigenvalue weighted by Crippen LogP contribution is 2.17. The molecular formula is C17H14N2O5S. The van der Waals surface area contributed by atoms with Gasteiger partial charge in [0.15, 0.2) is 11.4 Å². The van der Waals surface area contributed by atoms with Gasteiger partial charge in [-0.3, -0.25) is 9.08 Å². The molecule has 8 heteroatoms. The van der Waals surface area contributed by atoms with Crippen molar-refractivity contribution in [3.05, 3.63) is 60.0 Å². The van der Waals surface area contributed by atoms with Crippen LogP contribution in [0.25, 0.3) is 11.1 Å². The first-order chi connectivity index (χ1) is 11.9. The summed E-state index contributed by atoms with van der Waals surface area (Å²) in [6.07, 6.45) is 0. The average Bonchev–Trinajstić information content (AvgIpc) is 2.98. The number of benzene rings is 2. The van der Waals surface area contributed by atoms with Gasteiger partial charge in [-0.05, 0) is 31.2 Å². The molecule has 3 rings (SSSR count). The van der Waals surface area contributed by atoms with E-state index in [-0.39, 0.29) is 16.5 Å². The topological polar surface area (TPSA) is 98.8 Å². The molecule has 128 valence electrons. The standard InChI is InChI=1S/C17H14N2O5S/c1-11-7-9-13(10-8-11)25(21,22)24-19-16(12(2)20)17-18-14-5-3-4-6-15(14)23-17/h3-10H,1-2H3/b19-16+. The molecule has 0 bridgehead atoms. The lowest BCUT2D eigenvalue weighted by atomic mass is 10.2. The van der Waals surface area contributed by atoms with Crippen LogP contribution in [0.2, 0.25) is 0 Å². The number of carbonyl (C=O) groups is 1. The Morgan fingerprint density at radius 2 is 1.80 bits per heavy atom. The second-order valence-corrected chi connectivity index (χ2v) is 6.85. The minimum absolute atomic E-state index is 0.0673. The third-order valence-corrected chi connectivity index (χ3v) is 4.49. The molecule has 0 saturated carbocycles. The molecule has 0 saturated heterocycles. The van der Waals surface area contributed by atoms with Crippen molar-refractivity contribution in [2.45, 2.75) is 18.7 Å². The predicted molar refractivity (Wildman–Crippen MR) is 90.7 cm³/mol. The second kappa shape index (κ2) is 6.48. The van der Waals surface area contributed by atoms with Crippen molar-refractivity contribution in [1.29, 1.82) is 0 Å². The van der Waals surface area contributed by atoms with Crippen molar-refractivity contribution in [1.82, 2.24) is 4.98 Å². The average molecular weight is 358 g/mol. The lowest BCUT2D eigenvalue weighted by Gasteiger charge is -2.03. The Bertz CT molecular complexity index is 1030. The molecule has 0 atom stereocenters. The molecule has 0 radical (unpaired) electrons. The van der Waals surface area contributed by atoms with Crippen molar-refractivity contribution in [3.63, 3.8) is 0 Å². The molecule has 1 heterocycles. The van der Waals surface area contributed by atoms with E-state index in [1.54, 1.807) is 36.4 Å². The van der Waals surface area contributed by atoms with Gasteiger partial charge < -0.3 is 4.42 Å². The number of nitrogens with zero attached hydrogens (tertiary/aromatic N) is 2. The highest BCUT2D eigenvalue weighted by atomic mass is 32.2. The predicted octanol–water partition coefficient (Wildman–Crippen LogP) is 2.83. The number of hydrogen-bond donors (Lipinski definition) is 0. The van der Waals surface area contributed by atoms with Gasteiger partial charge in [0.05, 0.1) is 0 Å². The van der Waals surface area contributed by atoms with E-state index in [0.29, 0.717) is 11.1 Å². The minimum Gasteiger partial charge on any atom is -0.435 e. The summed E-state index contributed by atoms with van der Waals surface area (Å²) in [6.45, 7) is 3.05. The van der Waals surface area contributed by atoms with E-state index in [1.165, 1.54) is 19.1 Å². The van der Waals surface area contributed by atoms with Gasteiger partial charge in [0.25, 0.3) is 5.89 Å². The Balaban J connectivity index is 1.95. The van der Waals surface area contributed by atoms with Crippen molar-refractivity contribution in [2.24, 2.45) is 5.16 Å². The zero-order valence-electron chi connectivity index (χ0n) is 13.5. The first-order valence-electron chi connectivity index (χ1n) is 7.32. The molecule has 0 fully saturated rings. The molecule has 25 heavy (non-hydrogen) atoms. The quantitative estimate of drug-likeness (QED) is 0.514. The third kappa shape index (κ3) is 3.58. The van der Waals surface area contributed by atoms with Crippen LogP contribution in [-0.2, 0) is 19.2 Å². The normalized spacial score (nSPS) is 12.3. The van der Waals surface area contributed by atoms with Crippen molar-refractivity contribution >= 4 is 32.7 Å². The largest absolute Gasteiger partial charge is 0.435 e. The number of carbonyl (C=O) groups excluding carboxylic acids is 1. The van der Waals surface area contributed by atoms with E-state index in [9.17, 15) is 13.2 Å². The van der Waals surface area contributed by atoms with E-state index in [4.69, 9.17) is 4.42 Å². The number of oxazole rings is 1. The molecule has 0 aliphatic rings. The number of oxime groups is 1.